The fraction of sp³-hybridized carbons (Fsp3) is 0.714. The third-order valence-corrected chi connectivity index (χ3v) is 4.49. The lowest BCUT2D eigenvalue weighted by Crippen LogP contribution is -2.30. The summed E-state index contributed by atoms with van der Waals surface area (Å²) >= 11 is 1.92. The summed E-state index contributed by atoms with van der Waals surface area (Å²) in [6.45, 7) is 3.34. The Morgan fingerprint density at radius 2 is 2.25 bits per heavy atom. The quantitative estimate of drug-likeness (QED) is 0.784. The summed E-state index contributed by atoms with van der Waals surface area (Å²) < 4.78 is 0. The van der Waals surface area contributed by atoms with Crippen molar-refractivity contribution in [1.82, 2.24) is 5.32 Å². The molecule has 1 heterocycles. The molecule has 2 heteroatoms. The van der Waals surface area contributed by atoms with Gasteiger partial charge in [-0.3, -0.25) is 0 Å². The Hall–Kier alpha value is -0.340. The van der Waals surface area contributed by atoms with E-state index in [4.69, 9.17) is 0 Å². The van der Waals surface area contributed by atoms with Gasteiger partial charge in [-0.25, -0.2) is 0 Å². The fourth-order valence-electron chi connectivity index (χ4n) is 2.83. The summed E-state index contributed by atoms with van der Waals surface area (Å²) in [4.78, 5) is 1.57. The van der Waals surface area contributed by atoms with Crippen LogP contribution in [0.25, 0.3) is 0 Å². The zero-order chi connectivity index (χ0) is 11.2. The zero-order valence-electron chi connectivity index (χ0n) is 10.2. The molecule has 2 atom stereocenters. The summed E-state index contributed by atoms with van der Waals surface area (Å²) in [5, 5.41) is 5.84. The van der Waals surface area contributed by atoms with Crippen LogP contribution >= 0.6 is 11.3 Å². The molecule has 1 aliphatic rings. The largest absolute Gasteiger partial charge is 0.314 e. The maximum absolute atomic E-state index is 3.64. The second kappa shape index (κ2) is 6.41. The van der Waals surface area contributed by atoms with E-state index in [1.165, 1.54) is 38.5 Å². The molecule has 1 fully saturated rings. The SMILES string of the molecule is CCNC1CCCCC(Cc2cccs2)C1. The van der Waals surface area contributed by atoms with Crippen molar-refractivity contribution in [2.75, 3.05) is 6.54 Å². The summed E-state index contributed by atoms with van der Waals surface area (Å²) in [5.41, 5.74) is 0. The van der Waals surface area contributed by atoms with Crippen LogP contribution in [0.5, 0.6) is 0 Å². The van der Waals surface area contributed by atoms with Crippen LogP contribution in [0.2, 0.25) is 0 Å². The average molecular weight is 237 g/mol. The van der Waals surface area contributed by atoms with Gasteiger partial charge in [-0.2, -0.15) is 0 Å². The van der Waals surface area contributed by atoms with E-state index in [0.717, 1.165) is 18.5 Å². The van der Waals surface area contributed by atoms with Crippen LogP contribution in [0.4, 0.5) is 0 Å². The van der Waals surface area contributed by atoms with Gasteiger partial charge in [-0.15, -0.1) is 11.3 Å². The van der Waals surface area contributed by atoms with Crippen molar-refractivity contribution in [2.45, 2.75) is 51.5 Å². The third-order valence-electron chi connectivity index (χ3n) is 3.60. The van der Waals surface area contributed by atoms with E-state index in [0.29, 0.717) is 0 Å². The molecule has 16 heavy (non-hydrogen) atoms. The highest BCUT2D eigenvalue weighted by Crippen LogP contribution is 2.27. The standard InChI is InChI=1S/C14H23NS/c1-2-15-13-7-4-3-6-12(10-13)11-14-8-5-9-16-14/h5,8-9,12-13,15H,2-4,6-7,10-11H2,1H3. The smallest absolute Gasteiger partial charge is 0.00697 e. The maximum atomic E-state index is 3.64. The molecule has 90 valence electrons. The van der Waals surface area contributed by atoms with Crippen molar-refractivity contribution in [3.8, 4) is 0 Å². The molecule has 1 aliphatic carbocycles. The van der Waals surface area contributed by atoms with E-state index >= 15 is 0 Å². The van der Waals surface area contributed by atoms with Crippen molar-refractivity contribution >= 4 is 11.3 Å². The second-order valence-electron chi connectivity index (χ2n) is 4.92. The topological polar surface area (TPSA) is 12.0 Å². The lowest BCUT2D eigenvalue weighted by atomic mass is 9.94. The van der Waals surface area contributed by atoms with Crippen LogP contribution in [0, 0.1) is 5.92 Å². The second-order valence-corrected chi connectivity index (χ2v) is 5.96. The molecule has 0 aromatic carbocycles. The Labute approximate surface area is 103 Å². The van der Waals surface area contributed by atoms with E-state index < -0.39 is 0 Å². The molecular formula is C14H23NS. The summed E-state index contributed by atoms with van der Waals surface area (Å²) in [7, 11) is 0. The van der Waals surface area contributed by atoms with Crippen molar-refractivity contribution in [1.29, 1.82) is 0 Å². The number of thiophene rings is 1. The number of nitrogens with one attached hydrogen (secondary N) is 1. The Balaban J connectivity index is 1.87. The van der Waals surface area contributed by atoms with Gasteiger partial charge < -0.3 is 5.32 Å². The van der Waals surface area contributed by atoms with Crippen LogP contribution in [-0.4, -0.2) is 12.6 Å². The Morgan fingerprint density at radius 3 is 3.00 bits per heavy atom. The predicted molar refractivity (Wildman–Crippen MR) is 72.1 cm³/mol. The van der Waals surface area contributed by atoms with Gasteiger partial charge in [0.2, 0.25) is 0 Å². The van der Waals surface area contributed by atoms with E-state index in [1.54, 1.807) is 4.88 Å². The maximum Gasteiger partial charge on any atom is 0.00697 e. The van der Waals surface area contributed by atoms with Crippen LogP contribution < -0.4 is 5.32 Å². The first-order valence-electron chi connectivity index (χ1n) is 6.64. The Kier molecular flexibility index (Phi) is 4.86. The summed E-state index contributed by atoms with van der Waals surface area (Å²) in [6, 6.07) is 5.24. The number of hydrogen-bond acceptors (Lipinski definition) is 2. The molecule has 0 spiro atoms. The molecule has 1 saturated carbocycles. The lowest BCUT2D eigenvalue weighted by Gasteiger charge is -2.20. The van der Waals surface area contributed by atoms with Crippen molar-refractivity contribution < 1.29 is 0 Å². The molecule has 0 radical (unpaired) electrons. The minimum absolute atomic E-state index is 0.775. The monoisotopic (exact) mass is 237 g/mol. The molecule has 0 saturated heterocycles. The molecular weight excluding hydrogens is 214 g/mol. The first kappa shape index (κ1) is 12.1. The molecule has 0 bridgehead atoms. The molecule has 1 aromatic rings. The van der Waals surface area contributed by atoms with Crippen LogP contribution in [0.15, 0.2) is 17.5 Å². The van der Waals surface area contributed by atoms with E-state index in [2.05, 4.69) is 29.8 Å². The van der Waals surface area contributed by atoms with E-state index in [9.17, 15) is 0 Å². The molecule has 1 aromatic heterocycles. The summed E-state index contributed by atoms with van der Waals surface area (Å²) in [5.74, 6) is 0.908. The Bertz CT molecular complexity index is 281. The molecule has 2 rings (SSSR count). The summed E-state index contributed by atoms with van der Waals surface area (Å²) in [6.07, 6.45) is 8.34. The third kappa shape index (κ3) is 3.60. The predicted octanol–water partition coefficient (Wildman–Crippen LogP) is 3.85. The highest BCUT2D eigenvalue weighted by atomic mass is 32.1. The number of rotatable bonds is 4. The van der Waals surface area contributed by atoms with Gasteiger partial charge in [-0.1, -0.05) is 32.3 Å². The highest BCUT2D eigenvalue weighted by molar-refractivity contribution is 7.09. The zero-order valence-corrected chi connectivity index (χ0v) is 11.1. The molecule has 0 amide bonds. The fourth-order valence-corrected chi connectivity index (χ4v) is 3.66. The van der Waals surface area contributed by atoms with Crippen molar-refractivity contribution in [3.05, 3.63) is 22.4 Å². The van der Waals surface area contributed by atoms with E-state index in [1.807, 2.05) is 11.3 Å². The first-order chi connectivity index (χ1) is 7.88. The normalized spacial score (nSPS) is 26.6. The lowest BCUT2D eigenvalue weighted by molar-refractivity contribution is 0.391. The van der Waals surface area contributed by atoms with E-state index in [-0.39, 0.29) is 0 Å². The van der Waals surface area contributed by atoms with Crippen LogP contribution in [-0.2, 0) is 6.42 Å². The minimum atomic E-state index is 0.775. The number of hydrogen-bond donors (Lipinski definition) is 1. The molecule has 2 unspecified atom stereocenters. The average Bonchev–Trinajstić information content (AvgIpc) is 2.67. The van der Waals surface area contributed by atoms with Gasteiger partial charge in [0.1, 0.15) is 0 Å². The van der Waals surface area contributed by atoms with Gasteiger partial charge in [-0.05, 0) is 43.2 Å². The van der Waals surface area contributed by atoms with Crippen molar-refractivity contribution in [3.63, 3.8) is 0 Å². The highest BCUT2D eigenvalue weighted by Gasteiger charge is 2.19. The Morgan fingerprint density at radius 1 is 1.38 bits per heavy atom. The van der Waals surface area contributed by atoms with Crippen molar-refractivity contribution in [2.24, 2.45) is 5.92 Å². The van der Waals surface area contributed by atoms with Gasteiger partial charge in [0.15, 0.2) is 0 Å². The van der Waals surface area contributed by atoms with Crippen LogP contribution in [0.3, 0.4) is 0 Å². The van der Waals surface area contributed by atoms with Crippen LogP contribution in [0.1, 0.15) is 43.9 Å². The first-order valence-corrected chi connectivity index (χ1v) is 7.52. The molecule has 1 N–H and O–H groups in total. The molecule has 0 aliphatic heterocycles. The minimum Gasteiger partial charge on any atom is -0.314 e. The van der Waals surface area contributed by atoms with Gasteiger partial charge in [0, 0.05) is 10.9 Å². The molecule has 1 nitrogen and oxygen atoms in total. The van der Waals surface area contributed by atoms with Gasteiger partial charge in [0.25, 0.3) is 0 Å². The van der Waals surface area contributed by atoms with Gasteiger partial charge >= 0.3 is 0 Å². The van der Waals surface area contributed by atoms with Gasteiger partial charge in [0.05, 0.1) is 0 Å².